The largest absolute Gasteiger partial charge is 0.416 e. The Kier molecular flexibility index (Phi) is 4.41. The summed E-state index contributed by atoms with van der Waals surface area (Å²) in [4.78, 5) is 4.09. The summed E-state index contributed by atoms with van der Waals surface area (Å²) in [7, 11) is 1.52. The zero-order chi connectivity index (χ0) is 15.6. The molecule has 2 N–H and O–H groups in total. The van der Waals surface area contributed by atoms with Gasteiger partial charge in [0, 0.05) is 17.2 Å². The molecular weight excluding hydrogens is 347 g/mol. The zero-order valence-corrected chi connectivity index (χ0v) is 12.9. The number of halogens is 4. The minimum atomic E-state index is -4.42. The third-order valence-corrected chi connectivity index (χ3v) is 3.35. The first-order valence-corrected chi connectivity index (χ1v) is 6.89. The lowest BCUT2D eigenvalue weighted by Gasteiger charge is -2.14. The van der Waals surface area contributed by atoms with E-state index in [1.807, 2.05) is 19.1 Å². The fraction of sp³-hybridized carbons (Fsp3) is 0.214. The summed E-state index contributed by atoms with van der Waals surface area (Å²) in [6.45, 7) is 1.86. The average Bonchev–Trinajstić information content (AvgIpc) is 2.40. The van der Waals surface area contributed by atoms with E-state index in [-0.39, 0.29) is 11.6 Å². The third kappa shape index (κ3) is 3.87. The predicted molar refractivity (Wildman–Crippen MR) is 80.9 cm³/mol. The van der Waals surface area contributed by atoms with Crippen molar-refractivity contribution >= 4 is 33.3 Å². The molecule has 2 rings (SSSR count). The average molecular weight is 360 g/mol. The number of anilines is 3. The maximum absolute atomic E-state index is 12.9. The van der Waals surface area contributed by atoms with Gasteiger partial charge in [-0.05, 0) is 42.8 Å². The second-order valence-corrected chi connectivity index (χ2v) is 5.37. The van der Waals surface area contributed by atoms with Gasteiger partial charge in [0.15, 0.2) is 0 Å². The fourth-order valence-corrected chi connectivity index (χ4v) is 2.27. The molecular formula is C14H13BrF3N3. The van der Waals surface area contributed by atoms with E-state index < -0.39 is 11.7 Å². The first-order chi connectivity index (χ1) is 9.79. The Morgan fingerprint density at radius 2 is 1.76 bits per heavy atom. The number of nitrogens with zero attached hydrogens (tertiary/aromatic N) is 1. The second-order valence-electron chi connectivity index (χ2n) is 4.46. The lowest BCUT2D eigenvalue weighted by atomic mass is 10.2. The lowest BCUT2D eigenvalue weighted by molar-refractivity contribution is -0.137. The van der Waals surface area contributed by atoms with Crippen molar-refractivity contribution < 1.29 is 13.2 Å². The van der Waals surface area contributed by atoms with Crippen LogP contribution < -0.4 is 10.6 Å². The highest BCUT2D eigenvalue weighted by atomic mass is 79.9. The monoisotopic (exact) mass is 359 g/mol. The molecule has 0 saturated heterocycles. The van der Waals surface area contributed by atoms with Gasteiger partial charge in [0.2, 0.25) is 0 Å². The normalized spacial score (nSPS) is 11.3. The Labute approximate surface area is 128 Å². The number of rotatable bonds is 3. The van der Waals surface area contributed by atoms with Gasteiger partial charge in [-0.1, -0.05) is 15.9 Å². The van der Waals surface area contributed by atoms with E-state index in [2.05, 4.69) is 31.5 Å². The molecule has 1 aromatic heterocycles. The van der Waals surface area contributed by atoms with Crippen LogP contribution in [0.4, 0.5) is 30.5 Å². The smallest absolute Gasteiger partial charge is 0.373 e. The van der Waals surface area contributed by atoms with Gasteiger partial charge in [-0.3, -0.25) is 0 Å². The van der Waals surface area contributed by atoms with Gasteiger partial charge in [0.25, 0.3) is 0 Å². The Bertz CT molecular complexity index is 656. The van der Waals surface area contributed by atoms with Crippen molar-refractivity contribution in [3.63, 3.8) is 0 Å². The highest BCUT2D eigenvalue weighted by molar-refractivity contribution is 9.10. The molecule has 0 aliphatic rings. The molecule has 0 spiro atoms. The van der Waals surface area contributed by atoms with Gasteiger partial charge >= 0.3 is 6.18 Å². The fourth-order valence-electron chi connectivity index (χ4n) is 1.79. The summed E-state index contributed by atoms with van der Waals surface area (Å²) in [5.74, 6) is 0.293. The zero-order valence-electron chi connectivity index (χ0n) is 11.3. The lowest BCUT2D eigenvalue weighted by Crippen LogP contribution is -2.08. The highest BCUT2D eigenvalue weighted by Gasteiger charge is 2.31. The molecule has 0 unspecified atom stereocenters. The first-order valence-electron chi connectivity index (χ1n) is 6.10. The van der Waals surface area contributed by atoms with E-state index >= 15 is 0 Å². The number of hydrogen-bond acceptors (Lipinski definition) is 3. The minimum Gasteiger partial charge on any atom is -0.373 e. The number of nitrogens with one attached hydrogen (secondary N) is 2. The number of alkyl halides is 3. The van der Waals surface area contributed by atoms with Gasteiger partial charge in [-0.2, -0.15) is 13.2 Å². The summed E-state index contributed by atoms with van der Waals surface area (Å²) in [6, 6.07) is 7.42. The van der Waals surface area contributed by atoms with E-state index in [4.69, 9.17) is 0 Å². The van der Waals surface area contributed by atoms with E-state index in [9.17, 15) is 13.2 Å². The molecule has 0 radical (unpaired) electrons. The predicted octanol–water partition coefficient (Wildman–Crippen LogP) is 4.96. The van der Waals surface area contributed by atoms with Crippen LogP contribution in [0.2, 0.25) is 0 Å². The summed E-state index contributed by atoms with van der Waals surface area (Å²) >= 11 is 3.34. The van der Waals surface area contributed by atoms with Crippen LogP contribution in [0.3, 0.4) is 0 Å². The van der Waals surface area contributed by atoms with Crippen LogP contribution in [-0.4, -0.2) is 12.0 Å². The summed E-state index contributed by atoms with van der Waals surface area (Å²) in [6.07, 6.45) is -4.42. The standard InChI is InChI=1S/C14H13BrF3N3/c1-8-5-10(15)3-4-11(8)20-13-7-9(14(16,17)18)6-12(19-2)21-13/h3-7H,1-2H3,(H2,19,20,21). The van der Waals surface area contributed by atoms with Crippen LogP contribution in [0.5, 0.6) is 0 Å². The Morgan fingerprint density at radius 1 is 1.10 bits per heavy atom. The van der Waals surface area contributed by atoms with Gasteiger partial charge in [0.05, 0.1) is 5.56 Å². The van der Waals surface area contributed by atoms with Crippen molar-refractivity contribution in [2.75, 3.05) is 17.7 Å². The van der Waals surface area contributed by atoms with Crippen LogP contribution >= 0.6 is 15.9 Å². The van der Waals surface area contributed by atoms with Gasteiger partial charge in [-0.15, -0.1) is 0 Å². The number of benzene rings is 1. The molecule has 0 aliphatic heterocycles. The van der Waals surface area contributed by atoms with Gasteiger partial charge in [0.1, 0.15) is 11.6 Å². The van der Waals surface area contributed by atoms with Crippen LogP contribution in [0.15, 0.2) is 34.8 Å². The van der Waals surface area contributed by atoms with Crippen LogP contribution in [0, 0.1) is 6.92 Å². The molecule has 2 aromatic rings. The molecule has 112 valence electrons. The quantitative estimate of drug-likeness (QED) is 0.813. The molecule has 0 bridgehead atoms. The van der Waals surface area contributed by atoms with E-state index in [0.717, 1.165) is 22.2 Å². The summed E-state index contributed by atoms with van der Waals surface area (Å²) in [5.41, 5.74) is 0.848. The first kappa shape index (κ1) is 15.6. The SMILES string of the molecule is CNc1cc(C(F)(F)F)cc(Nc2ccc(Br)cc2C)n1. The van der Waals surface area contributed by atoms with Crippen molar-refractivity contribution in [2.24, 2.45) is 0 Å². The van der Waals surface area contributed by atoms with Gasteiger partial charge in [-0.25, -0.2) is 4.98 Å². The molecule has 0 atom stereocenters. The summed E-state index contributed by atoms with van der Waals surface area (Å²) < 4.78 is 39.5. The Balaban J connectivity index is 2.39. The minimum absolute atomic E-state index is 0.139. The Hall–Kier alpha value is -1.76. The highest BCUT2D eigenvalue weighted by Crippen LogP contribution is 2.33. The van der Waals surface area contributed by atoms with Gasteiger partial charge < -0.3 is 10.6 Å². The number of hydrogen-bond donors (Lipinski definition) is 2. The molecule has 0 aliphatic carbocycles. The maximum atomic E-state index is 12.9. The van der Waals surface area contributed by atoms with Crippen molar-refractivity contribution in [2.45, 2.75) is 13.1 Å². The van der Waals surface area contributed by atoms with E-state index in [0.29, 0.717) is 5.69 Å². The molecule has 0 amide bonds. The molecule has 1 aromatic carbocycles. The van der Waals surface area contributed by atoms with Crippen molar-refractivity contribution in [3.05, 3.63) is 45.9 Å². The third-order valence-electron chi connectivity index (χ3n) is 2.86. The number of aryl methyl sites for hydroxylation is 1. The number of aromatic nitrogens is 1. The molecule has 21 heavy (non-hydrogen) atoms. The molecule has 7 heteroatoms. The topological polar surface area (TPSA) is 37.0 Å². The van der Waals surface area contributed by atoms with Crippen molar-refractivity contribution in [1.29, 1.82) is 0 Å². The molecule has 0 fully saturated rings. The van der Waals surface area contributed by atoms with Crippen LogP contribution in [-0.2, 0) is 6.18 Å². The van der Waals surface area contributed by atoms with Crippen molar-refractivity contribution in [1.82, 2.24) is 4.98 Å². The van der Waals surface area contributed by atoms with Crippen LogP contribution in [0.1, 0.15) is 11.1 Å². The molecule has 1 heterocycles. The number of pyridine rings is 1. The van der Waals surface area contributed by atoms with E-state index in [1.165, 1.54) is 7.05 Å². The summed E-state index contributed by atoms with van der Waals surface area (Å²) in [5, 5.41) is 5.55. The Morgan fingerprint density at radius 3 is 2.33 bits per heavy atom. The van der Waals surface area contributed by atoms with Crippen LogP contribution in [0.25, 0.3) is 0 Å². The second kappa shape index (κ2) is 5.93. The molecule has 0 saturated carbocycles. The maximum Gasteiger partial charge on any atom is 0.416 e. The van der Waals surface area contributed by atoms with E-state index in [1.54, 1.807) is 6.07 Å². The molecule has 3 nitrogen and oxygen atoms in total. The van der Waals surface area contributed by atoms with Crippen molar-refractivity contribution in [3.8, 4) is 0 Å².